The first kappa shape index (κ1) is 36.5. The van der Waals surface area contributed by atoms with Crippen LogP contribution in [-0.2, 0) is 0 Å². The van der Waals surface area contributed by atoms with E-state index >= 15 is 0 Å². The van der Waals surface area contributed by atoms with Crippen molar-refractivity contribution in [2.75, 3.05) is 4.90 Å². The normalized spacial score (nSPS) is 11.5. The third kappa shape index (κ3) is 6.29. The molecule has 0 unspecified atom stereocenters. The predicted octanol–water partition coefficient (Wildman–Crippen LogP) is 16.8. The Kier molecular flexibility index (Phi) is 8.83. The number of rotatable bonds is 8. The number of aromatic nitrogens is 1. The first-order valence-electron chi connectivity index (χ1n) is 21.5. The molecule has 0 atom stereocenters. The van der Waals surface area contributed by atoms with Gasteiger partial charge in [0.1, 0.15) is 11.2 Å². The van der Waals surface area contributed by atoms with Crippen LogP contribution in [0.2, 0.25) is 0 Å². The van der Waals surface area contributed by atoms with Crippen molar-refractivity contribution >= 4 is 60.8 Å². The van der Waals surface area contributed by atoms with E-state index in [1.165, 1.54) is 32.9 Å². The molecule has 3 nitrogen and oxygen atoms in total. The number of hydrogen-bond donors (Lipinski definition) is 0. The summed E-state index contributed by atoms with van der Waals surface area (Å²) in [4.78, 5) is 2.39. The molecular formula is C60H40N2O. The largest absolute Gasteiger partial charge is 0.456 e. The number of anilines is 3. The minimum atomic E-state index is 0.851. The molecule has 0 saturated heterocycles. The Morgan fingerprint density at radius 3 is 1.51 bits per heavy atom. The highest BCUT2D eigenvalue weighted by molar-refractivity contribution is 6.10. The van der Waals surface area contributed by atoms with Crippen LogP contribution in [-0.4, -0.2) is 4.57 Å². The van der Waals surface area contributed by atoms with Gasteiger partial charge in [-0.1, -0.05) is 176 Å². The van der Waals surface area contributed by atoms with Crippen molar-refractivity contribution in [1.82, 2.24) is 4.57 Å². The van der Waals surface area contributed by atoms with Crippen LogP contribution in [0.3, 0.4) is 0 Å². The summed E-state index contributed by atoms with van der Waals surface area (Å²) in [5.41, 5.74) is 17.7. The van der Waals surface area contributed by atoms with Gasteiger partial charge in [0.05, 0.1) is 16.7 Å². The fraction of sp³-hybridized carbons (Fsp3) is 0. The van der Waals surface area contributed by atoms with Gasteiger partial charge in [-0.15, -0.1) is 0 Å². The van der Waals surface area contributed by atoms with Crippen LogP contribution >= 0.6 is 0 Å². The van der Waals surface area contributed by atoms with Crippen LogP contribution in [0.15, 0.2) is 247 Å². The number of nitrogens with zero attached hydrogens (tertiary/aromatic N) is 2. The fourth-order valence-electron chi connectivity index (χ4n) is 9.53. The molecule has 296 valence electrons. The summed E-state index contributed by atoms with van der Waals surface area (Å²) in [6, 6.07) is 87.1. The molecular weight excluding hydrogens is 765 g/mol. The first-order chi connectivity index (χ1) is 31.3. The van der Waals surface area contributed by atoms with E-state index in [1.54, 1.807) is 0 Å². The minimum absolute atomic E-state index is 0.851. The van der Waals surface area contributed by atoms with E-state index in [9.17, 15) is 0 Å². The predicted molar refractivity (Wildman–Crippen MR) is 264 cm³/mol. The fourth-order valence-corrected chi connectivity index (χ4v) is 9.53. The molecule has 0 aliphatic heterocycles. The van der Waals surface area contributed by atoms with Crippen molar-refractivity contribution in [2.24, 2.45) is 0 Å². The van der Waals surface area contributed by atoms with Crippen LogP contribution in [0.25, 0.3) is 93.9 Å². The zero-order valence-corrected chi connectivity index (χ0v) is 34.4. The van der Waals surface area contributed by atoms with Crippen LogP contribution in [0.5, 0.6) is 0 Å². The van der Waals surface area contributed by atoms with Gasteiger partial charge in [-0.2, -0.15) is 0 Å². The Balaban J connectivity index is 1.02. The zero-order chi connectivity index (χ0) is 41.7. The molecule has 0 saturated carbocycles. The van der Waals surface area contributed by atoms with E-state index < -0.39 is 0 Å². The Labute approximate surface area is 366 Å². The van der Waals surface area contributed by atoms with E-state index in [0.29, 0.717) is 0 Å². The molecule has 0 spiro atoms. The van der Waals surface area contributed by atoms with E-state index in [1.807, 2.05) is 12.1 Å². The van der Waals surface area contributed by atoms with Crippen molar-refractivity contribution < 1.29 is 4.42 Å². The Bertz CT molecular complexity index is 3550. The third-order valence-electron chi connectivity index (χ3n) is 12.4. The summed E-state index contributed by atoms with van der Waals surface area (Å²) in [6.07, 6.45) is 0. The second kappa shape index (κ2) is 15.3. The number of fused-ring (bicyclic) bond motifs is 6. The second-order valence-electron chi connectivity index (χ2n) is 16.1. The highest BCUT2D eigenvalue weighted by Crippen LogP contribution is 2.49. The maximum Gasteiger partial charge on any atom is 0.137 e. The lowest BCUT2D eigenvalue weighted by Crippen LogP contribution is -2.12. The molecule has 12 aromatic rings. The Morgan fingerprint density at radius 1 is 0.317 bits per heavy atom. The molecule has 12 rings (SSSR count). The molecule has 0 aliphatic rings. The van der Waals surface area contributed by atoms with Crippen molar-refractivity contribution in [2.45, 2.75) is 0 Å². The molecule has 10 aromatic carbocycles. The van der Waals surface area contributed by atoms with Crippen LogP contribution in [0, 0.1) is 0 Å². The molecule has 0 amide bonds. The van der Waals surface area contributed by atoms with E-state index in [-0.39, 0.29) is 0 Å². The standard InChI is InChI=1S/C60H40N2O/c1-3-16-43(17-4-1)48-20-7-8-24-54(48)60-49(44-18-5-2-6-19-44)25-15-28-57(60)61(47-38-39-53-52-23-11-14-29-58(52)63-59(53)40-47)45-34-30-41(31-35-45)42-32-36-46(37-33-42)62-55-26-12-9-21-50(55)51-22-10-13-27-56(51)62/h1-40H. The summed E-state index contributed by atoms with van der Waals surface area (Å²) < 4.78 is 8.90. The molecule has 63 heavy (non-hydrogen) atoms. The van der Waals surface area contributed by atoms with Gasteiger partial charge in [0.25, 0.3) is 0 Å². The lowest BCUT2D eigenvalue weighted by atomic mass is 9.87. The van der Waals surface area contributed by atoms with Crippen LogP contribution in [0.1, 0.15) is 0 Å². The van der Waals surface area contributed by atoms with Crippen molar-refractivity contribution in [3.05, 3.63) is 243 Å². The summed E-state index contributed by atoms with van der Waals surface area (Å²) in [5, 5.41) is 4.74. The average molecular weight is 805 g/mol. The minimum Gasteiger partial charge on any atom is -0.456 e. The number of hydrogen-bond acceptors (Lipinski definition) is 2. The second-order valence-corrected chi connectivity index (χ2v) is 16.1. The van der Waals surface area contributed by atoms with Crippen LogP contribution < -0.4 is 4.90 Å². The molecule has 2 heterocycles. The molecule has 0 fully saturated rings. The van der Waals surface area contributed by atoms with Crippen molar-refractivity contribution in [3.63, 3.8) is 0 Å². The van der Waals surface area contributed by atoms with E-state index in [2.05, 4.69) is 240 Å². The van der Waals surface area contributed by atoms with Crippen molar-refractivity contribution in [3.8, 4) is 50.2 Å². The quantitative estimate of drug-likeness (QED) is 0.153. The van der Waals surface area contributed by atoms with Crippen molar-refractivity contribution in [1.29, 1.82) is 0 Å². The highest BCUT2D eigenvalue weighted by atomic mass is 16.3. The molecule has 0 radical (unpaired) electrons. The SMILES string of the molecule is c1ccc(-c2ccccc2-c2c(-c3ccccc3)cccc2N(c2ccc(-c3ccc(-n4c5ccccc5c5ccccc54)cc3)cc2)c2ccc3c(c2)oc2ccccc23)cc1. The topological polar surface area (TPSA) is 21.3 Å². The van der Waals surface area contributed by atoms with E-state index in [4.69, 9.17) is 4.42 Å². The van der Waals surface area contributed by atoms with Crippen LogP contribution in [0.4, 0.5) is 17.1 Å². The molecule has 0 N–H and O–H groups in total. The van der Waals surface area contributed by atoms with Gasteiger partial charge in [0.15, 0.2) is 0 Å². The summed E-state index contributed by atoms with van der Waals surface area (Å²) >= 11 is 0. The lowest BCUT2D eigenvalue weighted by molar-refractivity contribution is 0.669. The Hall–Kier alpha value is -8.40. The zero-order valence-electron chi connectivity index (χ0n) is 34.4. The maximum absolute atomic E-state index is 6.53. The Morgan fingerprint density at radius 2 is 0.825 bits per heavy atom. The monoisotopic (exact) mass is 804 g/mol. The van der Waals surface area contributed by atoms with Gasteiger partial charge < -0.3 is 13.9 Å². The average Bonchev–Trinajstić information content (AvgIpc) is 3.90. The summed E-state index contributed by atoms with van der Waals surface area (Å²) in [6.45, 7) is 0. The molecule has 2 aromatic heterocycles. The maximum atomic E-state index is 6.53. The van der Waals surface area contributed by atoms with Gasteiger partial charge in [-0.3, -0.25) is 0 Å². The molecule has 3 heteroatoms. The van der Waals surface area contributed by atoms with Gasteiger partial charge in [-0.25, -0.2) is 0 Å². The summed E-state index contributed by atoms with van der Waals surface area (Å²) in [7, 11) is 0. The number of para-hydroxylation sites is 3. The first-order valence-corrected chi connectivity index (χ1v) is 21.5. The van der Waals surface area contributed by atoms with Gasteiger partial charge in [0.2, 0.25) is 0 Å². The highest BCUT2D eigenvalue weighted by Gasteiger charge is 2.24. The number of furan rings is 1. The molecule has 0 bridgehead atoms. The third-order valence-corrected chi connectivity index (χ3v) is 12.4. The molecule has 0 aliphatic carbocycles. The van der Waals surface area contributed by atoms with E-state index in [0.717, 1.165) is 78.1 Å². The van der Waals surface area contributed by atoms with Gasteiger partial charge >= 0.3 is 0 Å². The lowest BCUT2D eigenvalue weighted by Gasteiger charge is -2.30. The number of benzene rings is 10. The smallest absolute Gasteiger partial charge is 0.137 e. The summed E-state index contributed by atoms with van der Waals surface area (Å²) in [5.74, 6) is 0. The van der Waals surface area contributed by atoms with Gasteiger partial charge in [-0.05, 0) is 99.6 Å². The van der Waals surface area contributed by atoms with Gasteiger partial charge in [0, 0.05) is 50.2 Å².